The molecular formula is C31H37NO4. The molecule has 0 unspecified atom stereocenters. The molecule has 3 aromatic carbocycles. The van der Waals surface area contributed by atoms with E-state index in [9.17, 15) is 14.7 Å². The Balaban J connectivity index is 1.69. The van der Waals surface area contributed by atoms with Crippen LogP contribution >= 0.6 is 0 Å². The number of carboxylic acids is 1. The Labute approximate surface area is 214 Å². The fourth-order valence-corrected chi connectivity index (χ4v) is 4.16. The van der Waals surface area contributed by atoms with Crippen LogP contribution in [0.1, 0.15) is 67.4 Å². The van der Waals surface area contributed by atoms with Crippen molar-refractivity contribution in [3.05, 3.63) is 89.5 Å². The number of amides is 1. The third kappa shape index (κ3) is 7.98. The lowest BCUT2D eigenvalue weighted by atomic mass is 9.95. The van der Waals surface area contributed by atoms with E-state index < -0.39 is 11.9 Å². The molecule has 0 radical (unpaired) electrons. The second-order valence-corrected chi connectivity index (χ2v) is 9.12. The van der Waals surface area contributed by atoms with Crippen LogP contribution < -0.4 is 10.1 Å². The number of carbonyl (C=O) groups is 2. The van der Waals surface area contributed by atoms with Gasteiger partial charge in [-0.25, -0.2) is 0 Å². The fraction of sp³-hybridized carbons (Fsp3) is 0.355. The highest BCUT2D eigenvalue weighted by Crippen LogP contribution is 2.24. The minimum atomic E-state index is -0.789. The lowest BCUT2D eigenvalue weighted by Crippen LogP contribution is -2.23. The van der Waals surface area contributed by atoms with Crippen molar-refractivity contribution < 1.29 is 19.4 Å². The summed E-state index contributed by atoms with van der Waals surface area (Å²) in [5.41, 5.74) is 4.54. The Morgan fingerprint density at radius 3 is 2.28 bits per heavy atom. The molecule has 0 spiro atoms. The molecule has 3 aromatic rings. The number of unbranched alkanes of at least 4 members (excludes halogenated alkanes) is 3. The Bertz CT molecular complexity index is 1110. The molecule has 0 saturated carbocycles. The van der Waals surface area contributed by atoms with Crippen LogP contribution in [0.2, 0.25) is 0 Å². The van der Waals surface area contributed by atoms with E-state index in [2.05, 4.69) is 12.2 Å². The van der Waals surface area contributed by atoms with Crippen molar-refractivity contribution in [1.29, 1.82) is 0 Å². The molecule has 1 atom stereocenters. The molecule has 0 aliphatic carbocycles. The summed E-state index contributed by atoms with van der Waals surface area (Å²) in [6.45, 7) is 4.99. The van der Waals surface area contributed by atoms with Crippen LogP contribution in [0.25, 0.3) is 11.1 Å². The lowest BCUT2D eigenvalue weighted by molar-refractivity contribution is -0.141. The van der Waals surface area contributed by atoms with Gasteiger partial charge in [-0.3, -0.25) is 9.59 Å². The Kier molecular flexibility index (Phi) is 10.6. The first-order chi connectivity index (χ1) is 17.5. The molecule has 0 heterocycles. The molecule has 0 fully saturated rings. The van der Waals surface area contributed by atoms with Crippen LogP contribution in [0.5, 0.6) is 5.75 Å². The molecule has 5 heteroatoms. The van der Waals surface area contributed by atoms with Gasteiger partial charge in [-0.05, 0) is 54.2 Å². The molecule has 2 N–H and O–H groups in total. The van der Waals surface area contributed by atoms with Gasteiger partial charge >= 0.3 is 5.97 Å². The van der Waals surface area contributed by atoms with Crippen molar-refractivity contribution in [2.45, 2.75) is 58.9 Å². The molecule has 190 valence electrons. The molecule has 0 aromatic heterocycles. The minimum Gasteiger partial charge on any atom is -0.493 e. The summed E-state index contributed by atoms with van der Waals surface area (Å²) >= 11 is 0. The highest BCUT2D eigenvalue weighted by Gasteiger charge is 2.17. The zero-order valence-electron chi connectivity index (χ0n) is 21.3. The number of aliphatic carboxylic acids is 1. The molecule has 36 heavy (non-hydrogen) atoms. The standard InChI is InChI=1S/C31H37NO4/c1-3-5-6-10-19-36-29-18-13-23(20-24(4-2)31(34)35)21-28(29)22-32-30(33)27-16-14-26(15-17-27)25-11-8-7-9-12-25/h7-9,11-18,21,24H,3-6,10,19-20,22H2,1-2H3,(H,32,33)(H,34,35)/t24-/m0/s1. The van der Waals surface area contributed by atoms with Gasteiger partial charge in [0.2, 0.25) is 0 Å². The number of hydrogen-bond donors (Lipinski definition) is 2. The zero-order chi connectivity index (χ0) is 25.8. The zero-order valence-corrected chi connectivity index (χ0v) is 21.3. The van der Waals surface area contributed by atoms with E-state index in [1.165, 1.54) is 12.8 Å². The maximum absolute atomic E-state index is 12.9. The molecule has 1 amide bonds. The van der Waals surface area contributed by atoms with Crippen molar-refractivity contribution in [3.8, 4) is 16.9 Å². The third-order valence-corrected chi connectivity index (χ3v) is 6.40. The molecule has 3 rings (SSSR count). The monoisotopic (exact) mass is 487 g/mol. The quantitative estimate of drug-likeness (QED) is 0.243. The van der Waals surface area contributed by atoms with Gasteiger partial charge in [-0.15, -0.1) is 0 Å². The van der Waals surface area contributed by atoms with E-state index in [4.69, 9.17) is 4.74 Å². The SMILES string of the molecule is CCCCCCOc1ccc(C[C@H](CC)C(=O)O)cc1CNC(=O)c1ccc(-c2ccccc2)cc1. The van der Waals surface area contributed by atoms with Crippen LogP contribution in [-0.4, -0.2) is 23.6 Å². The summed E-state index contributed by atoms with van der Waals surface area (Å²) in [6, 6.07) is 23.4. The van der Waals surface area contributed by atoms with Crippen molar-refractivity contribution >= 4 is 11.9 Å². The summed E-state index contributed by atoms with van der Waals surface area (Å²) in [5, 5.41) is 12.5. The van der Waals surface area contributed by atoms with E-state index in [1.807, 2.05) is 79.7 Å². The van der Waals surface area contributed by atoms with Gasteiger partial charge in [-0.1, -0.05) is 87.7 Å². The summed E-state index contributed by atoms with van der Waals surface area (Å²) in [6.07, 6.45) is 5.46. The smallest absolute Gasteiger partial charge is 0.306 e. The summed E-state index contributed by atoms with van der Waals surface area (Å²) in [7, 11) is 0. The highest BCUT2D eigenvalue weighted by atomic mass is 16.5. The second-order valence-electron chi connectivity index (χ2n) is 9.12. The van der Waals surface area contributed by atoms with Gasteiger partial charge < -0.3 is 15.2 Å². The molecule has 5 nitrogen and oxygen atoms in total. The maximum atomic E-state index is 12.9. The van der Waals surface area contributed by atoms with E-state index >= 15 is 0 Å². The topological polar surface area (TPSA) is 75.6 Å². The van der Waals surface area contributed by atoms with Gasteiger partial charge in [0.15, 0.2) is 0 Å². The third-order valence-electron chi connectivity index (χ3n) is 6.40. The second kappa shape index (κ2) is 14.1. The Morgan fingerprint density at radius 2 is 1.61 bits per heavy atom. The largest absolute Gasteiger partial charge is 0.493 e. The Hall–Kier alpha value is -3.60. The number of carbonyl (C=O) groups excluding carboxylic acids is 1. The summed E-state index contributed by atoms with van der Waals surface area (Å²) in [5.74, 6) is -0.650. The number of nitrogens with one attached hydrogen (secondary N) is 1. The summed E-state index contributed by atoms with van der Waals surface area (Å²) in [4.78, 5) is 24.4. The van der Waals surface area contributed by atoms with Crippen molar-refractivity contribution in [1.82, 2.24) is 5.32 Å². The highest BCUT2D eigenvalue weighted by molar-refractivity contribution is 5.94. The summed E-state index contributed by atoms with van der Waals surface area (Å²) < 4.78 is 6.05. The van der Waals surface area contributed by atoms with E-state index in [1.54, 1.807) is 0 Å². The van der Waals surface area contributed by atoms with Gasteiger partial charge in [0.05, 0.1) is 12.5 Å². The van der Waals surface area contributed by atoms with Crippen molar-refractivity contribution in [2.24, 2.45) is 5.92 Å². The number of rotatable bonds is 14. The lowest BCUT2D eigenvalue weighted by Gasteiger charge is -2.16. The number of carboxylic acid groups (broad SMARTS) is 1. The molecular weight excluding hydrogens is 450 g/mol. The van der Waals surface area contributed by atoms with Crippen molar-refractivity contribution in [3.63, 3.8) is 0 Å². The van der Waals surface area contributed by atoms with E-state index in [-0.39, 0.29) is 5.91 Å². The first kappa shape index (κ1) is 27.0. The Morgan fingerprint density at radius 1 is 0.889 bits per heavy atom. The van der Waals surface area contributed by atoms with Crippen molar-refractivity contribution in [2.75, 3.05) is 6.61 Å². The average molecular weight is 488 g/mol. The first-order valence-corrected chi connectivity index (χ1v) is 12.9. The van der Waals surface area contributed by atoms with Crippen LogP contribution in [-0.2, 0) is 17.8 Å². The van der Waals surface area contributed by atoms with Gasteiger partial charge in [0.25, 0.3) is 5.91 Å². The van der Waals surface area contributed by atoms with Gasteiger partial charge in [-0.2, -0.15) is 0 Å². The van der Waals surface area contributed by atoms with E-state index in [0.29, 0.717) is 31.6 Å². The molecule has 0 saturated heterocycles. The van der Waals surface area contributed by atoms with Crippen LogP contribution in [0.4, 0.5) is 0 Å². The molecule has 0 aliphatic rings. The predicted molar refractivity (Wildman–Crippen MR) is 144 cm³/mol. The van der Waals surface area contributed by atoms with Crippen LogP contribution in [0.3, 0.4) is 0 Å². The first-order valence-electron chi connectivity index (χ1n) is 12.9. The van der Waals surface area contributed by atoms with Gasteiger partial charge in [0, 0.05) is 17.7 Å². The average Bonchev–Trinajstić information content (AvgIpc) is 2.91. The predicted octanol–water partition coefficient (Wildman–Crippen LogP) is 6.90. The normalized spacial score (nSPS) is 11.6. The number of ether oxygens (including phenoxy) is 1. The van der Waals surface area contributed by atoms with Crippen LogP contribution in [0, 0.1) is 5.92 Å². The van der Waals surface area contributed by atoms with Crippen LogP contribution in [0.15, 0.2) is 72.8 Å². The molecule has 0 bridgehead atoms. The minimum absolute atomic E-state index is 0.161. The maximum Gasteiger partial charge on any atom is 0.306 e. The van der Waals surface area contributed by atoms with E-state index in [0.717, 1.165) is 40.8 Å². The fourth-order valence-electron chi connectivity index (χ4n) is 4.16. The van der Waals surface area contributed by atoms with Gasteiger partial charge in [0.1, 0.15) is 5.75 Å². The number of benzene rings is 3. The number of hydrogen-bond acceptors (Lipinski definition) is 3. The molecule has 0 aliphatic heterocycles.